The van der Waals surface area contributed by atoms with E-state index in [2.05, 4.69) is 26.7 Å². The van der Waals surface area contributed by atoms with Crippen molar-refractivity contribution in [2.45, 2.75) is 18.2 Å². The average Bonchev–Trinajstić information content (AvgIpc) is 3.08. The lowest BCUT2D eigenvalue weighted by Crippen LogP contribution is -2.16. The summed E-state index contributed by atoms with van der Waals surface area (Å²) in [6.07, 6.45) is 2.51. The molecule has 0 fully saturated rings. The number of pyridine rings is 1. The van der Waals surface area contributed by atoms with Gasteiger partial charge in [-0.1, -0.05) is 29.8 Å². The highest BCUT2D eigenvalue weighted by atomic mass is 35.5. The van der Waals surface area contributed by atoms with Crippen LogP contribution in [0.25, 0.3) is 0 Å². The van der Waals surface area contributed by atoms with Crippen LogP contribution in [0.5, 0.6) is 0 Å². The van der Waals surface area contributed by atoms with Gasteiger partial charge in [-0.15, -0.1) is 0 Å². The fourth-order valence-electron chi connectivity index (χ4n) is 3.18. The van der Waals surface area contributed by atoms with Gasteiger partial charge in [0.05, 0.1) is 16.8 Å². The van der Waals surface area contributed by atoms with Crippen molar-refractivity contribution in [2.75, 3.05) is 16.2 Å². The smallest absolute Gasteiger partial charge is 0.261 e. The SMILES string of the molecule is Cc1cc(S(=O)(=O)Nc2ccc(N3CCc4ccccc43)nc2)ccc1Cl. The van der Waals surface area contributed by atoms with Crippen LogP contribution in [0.1, 0.15) is 11.1 Å². The van der Waals surface area contributed by atoms with Gasteiger partial charge in [0, 0.05) is 17.3 Å². The van der Waals surface area contributed by atoms with Crippen LogP contribution in [0.3, 0.4) is 0 Å². The quantitative estimate of drug-likeness (QED) is 0.699. The Kier molecular flexibility index (Phi) is 4.53. The van der Waals surface area contributed by atoms with Gasteiger partial charge in [-0.2, -0.15) is 0 Å². The molecule has 1 aromatic heterocycles. The van der Waals surface area contributed by atoms with Crippen molar-refractivity contribution >= 4 is 38.8 Å². The van der Waals surface area contributed by atoms with Crippen LogP contribution in [0.2, 0.25) is 5.02 Å². The third-order valence-corrected chi connectivity index (χ3v) is 6.41. The number of fused-ring (bicyclic) bond motifs is 1. The molecular formula is C20H18ClN3O2S. The van der Waals surface area contributed by atoms with Crippen molar-refractivity contribution < 1.29 is 8.42 Å². The van der Waals surface area contributed by atoms with E-state index in [1.54, 1.807) is 25.1 Å². The number of para-hydroxylation sites is 1. The third kappa shape index (κ3) is 3.50. The van der Waals surface area contributed by atoms with Gasteiger partial charge in [0.25, 0.3) is 10.0 Å². The highest BCUT2D eigenvalue weighted by Gasteiger charge is 2.21. The molecule has 0 spiro atoms. The number of nitrogens with zero attached hydrogens (tertiary/aromatic N) is 2. The van der Waals surface area contributed by atoms with Gasteiger partial charge in [0.15, 0.2) is 0 Å². The molecule has 0 amide bonds. The number of aromatic nitrogens is 1. The summed E-state index contributed by atoms with van der Waals surface area (Å²) in [6, 6.07) is 16.4. The number of aryl methyl sites for hydroxylation is 1. The standard InChI is InChI=1S/C20H18ClN3O2S/c1-14-12-17(7-8-18(14)21)27(25,26)23-16-6-9-20(22-13-16)24-11-10-15-4-2-3-5-19(15)24/h2-9,12-13,23H,10-11H2,1H3. The van der Waals surface area contributed by atoms with Crippen molar-refractivity contribution in [3.8, 4) is 0 Å². The number of rotatable bonds is 4. The first-order valence-corrected chi connectivity index (χ1v) is 10.4. The molecule has 2 aromatic carbocycles. The molecule has 0 atom stereocenters. The van der Waals surface area contributed by atoms with Crippen LogP contribution in [-0.4, -0.2) is 19.9 Å². The minimum atomic E-state index is -3.70. The summed E-state index contributed by atoms with van der Waals surface area (Å²) in [5, 5.41) is 0.533. The number of hydrogen-bond donors (Lipinski definition) is 1. The monoisotopic (exact) mass is 399 g/mol. The van der Waals surface area contributed by atoms with E-state index in [1.807, 2.05) is 18.2 Å². The average molecular weight is 400 g/mol. The van der Waals surface area contributed by atoms with Crippen LogP contribution >= 0.6 is 11.6 Å². The zero-order chi connectivity index (χ0) is 19.0. The maximum atomic E-state index is 12.6. The maximum absolute atomic E-state index is 12.6. The van der Waals surface area contributed by atoms with Crippen molar-refractivity contribution in [1.29, 1.82) is 0 Å². The predicted molar refractivity (Wildman–Crippen MR) is 108 cm³/mol. The van der Waals surface area contributed by atoms with Crippen LogP contribution in [0, 0.1) is 6.92 Å². The van der Waals surface area contributed by atoms with E-state index in [4.69, 9.17) is 11.6 Å². The Hall–Kier alpha value is -2.57. The van der Waals surface area contributed by atoms with Gasteiger partial charge in [-0.25, -0.2) is 13.4 Å². The summed E-state index contributed by atoms with van der Waals surface area (Å²) < 4.78 is 27.7. The first-order chi connectivity index (χ1) is 12.9. The molecule has 2 heterocycles. The number of benzene rings is 2. The van der Waals surface area contributed by atoms with E-state index in [-0.39, 0.29) is 4.90 Å². The predicted octanol–water partition coefficient (Wildman–Crippen LogP) is 4.54. The van der Waals surface area contributed by atoms with E-state index >= 15 is 0 Å². The van der Waals surface area contributed by atoms with Crippen molar-refractivity contribution in [3.63, 3.8) is 0 Å². The van der Waals surface area contributed by atoms with Crippen LogP contribution in [-0.2, 0) is 16.4 Å². The Morgan fingerprint density at radius 1 is 1.11 bits per heavy atom. The molecule has 1 aliphatic rings. The summed E-state index contributed by atoms with van der Waals surface area (Å²) >= 11 is 5.98. The number of anilines is 3. The molecule has 0 bridgehead atoms. The molecule has 0 aliphatic carbocycles. The van der Waals surface area contributed by atoms with Gasteiger partial charge in [-0.05, 0) is 60.9 Å². The zero-order valence-electron chi connectivity index (χ0n) is 14.7. The topological polar surface area (TPSA) is 62.3 Å². The Labute approximate surface area is 163 Å². The highest BCUT2D eigenvalue weighted by Crippen LogP contribution is 2.33. The summed E-state index contributed by atoms with van der Waals surface area (Å²) in [5.41, 5.74) is 3.57. The minimum absolute atomic E-state index is 0.168. The summed E-state index contributed by atoms with van der Waals surface area (Å²) in [7, 11) is -3.70. The number of halogens is 1. The first-order valence-electron chi connectivity index (χ1n) is 8.54. The molecule has 1 aliphatic heterocycles. The Bertz CT molecular complexity index is 1100. The molecule has 7 heteroatoms. The summed E-state index contributed by atoms with van der Waals surface area (Å²) in [6.45, 7) is 2.63. The Morgan fingerprint density at radius 3 is 2.67 bits per heavy atom. The molecule has 27 heavy (non-hydrogen) atoms. The number of sulfonamides is 1. The third-order valence-electron chi connectivity index (χ3n) is 4.60. The molecule has 0 saturated heterocycles. The van der Waals surface area contributed by atoms with Crippen molar-refractivity contribution in [2.24, 2.45) is 0 Å². The lowest BCUT2D eigenvalue weighted by molar-refractivity contribution is 0.601. The zero-order valence-corrected chi connectivity index (χ0v) is 16.3. The number of nitrogens with one attached hydrogen (secondary N) is 1. The second kappa shape index (κ2) is 6.87. The molecule has 138 valence electrons. The molecule has 4 rings (SSSR count). The Morgan fingerprint density at radius 2 is 1.93 bits per heavy atom. The summed E-state index contributed by atoms with van der Waals surface area (Å²) in [5.74, 6) is 0.797. The van der Waals surface area contributed by atoms with E-state index in [9.17, 15) is 8.42 Å². The van der Waals surface area contributed by atoms with Crippen molar-refractivity contribution in [3.05, 3.63) is 76.9 Å². The lowest BCUT2D eigenvalue weighted by atomic mass is 10.2. The molecule has 0 radical (unpaired) electrons. The normalized spacial score (nSPS) is 13.5. The molecule has 1 N–H and O–H groups in total. The van der Waals surface area contributed by atoms with Gasteiger partial charge >= 0.3 is 0 Å². The van der Waals surface area contributed by atoms with E-state index in [0.29, 0.717) is 16.3 Å². The van der Waals surface area contributed by atoms with Crippen LogP contribution in [0.4, 0.5) is 17.2 Å². The fraction of sp³-hybridized carbons (Fsp3) is 0.150. The van der Waals surface area contributed by atoms with Gasteiger partial charge < -0.3 is 4.90 Å². The Balaban J connectivity index is 1.55. The van der Waals surface area contributed by atoms with Gasteiger partial charge in [0.1, 0.15) is 5.82 Å². The van der Waals surface area contributed by atoms with Gasteiger partial charge in [-0.3, -0.25) is 4.72 Å². The lowest BCUT2D eigenvalue weighted by Gasteiger charge is -2.18. The minimum Gasteiger partial charge on any atom is -0.326 e. The highest BCUT2D eigenvalue weighted by molar-refractivity contribution is 7.92. The van der Waals surface area contributed by atoms with Gasteiger partial charge in [0.2, 0.25) is 0 Å². The second-order valence-corrected chi connectivity index (χ2v) is 8.54. The van der Waals surface area contributed by atoms with E-state index < -0.39 is 10.0 Å². The molecule has 0 saturated carbocycles. The fourth-order valence-corrected chi connectivity index (χ4v) is 4.43. The maximum Gasteiger partial charge on any atom is 0.261 e. The van der Waals surface area contributed by atoms with Crippen molar-refractivity contribution in [1.82, 2.24) is 4.98 Å². The number of hydrogen-bond acceptors (Lipinski definition) is 4. The summed E-state index contributed by atoms with van der Waals surface area (Å²) in [4.78, 5) is 6.75. The molecular weight excluding hydrogens is 382 g/mol. The first kappa shape index (κ1) is 17.8. The van der Waals surface area contributed by atoms with E-state index in [0.717, 1.165) is 24.5 Å². The van der Waals surface area contributed by atoms with E-state index in [1.165, 1.54) is 17.8 Å². The molecule has 3 aromatic rings. The molecule has 5 nitrogen and oxygen atoms in total. The van der Waals surface area contributed by atoms with Crippen LogP contribution in [0.15, 0.2) is 65.7 Å². The largest absolute Gasteiger partial charge is 0.326 e. The van der Waals surface area contributed by atoms with Crippen LogP contribution < -0.4 is 9.62 Å². The molecule has 0 unspecified atom stereocenters. The second-order valence-electron chi connectivity index (χ2n) is 6.45.